The van der Waals surface area contributed by atoms with Gasteiger partial charge in [0.15, 0.2) is 9.84 Å². The highest BCUT2D eigenvalue weighted by Crippen LogP contribution is 2.31. The molecule has 0 spiro atoms. The van der Waals surface area contributed by atoms with Gasteiger partial charge in [-0.2, -0.15) is 0 Å². The summed E-state index contributed by atoms with van der Waals surface area (Å²) in [6.07, 6.45) is 0.613. The molecule has 1 unspecified atom stereocenters. The Hall–Kier alpha value is -0.140. The molecule has 0 amide bonds. The monoisotopic (exact) mass is 308 g/mol. The Morgan fingerprint density at radius 1 is 1.56 bits per heavy atom. The molecule has 0 aliphatic carbocycles. The molecule has 1 aromatic rings. The highest BCUT2D eigenvalue weighted by Gasteiger charge is 2.44. The molecule has 18 heavy (non-hydrogen) atoms. The van der Waals surface area contributed by atoms with Gasteiger partial charge in [-0.1, -0.05) is 11.6 Å². The van der Waals surface area contributed by atoms with Gasteiger partial charge in [-0.15, -0.1) is 11.3 Å². The molecule has 0 bridgehead atoms. The van der Waals surface area contributed by atoms with Gasteiger partial charge in [-0.3, -0.25) is 4.90 Å². The normalized spacial score (nSPS) is 26.9. The zero-order valence-corrected chi connectivity index (χ0v) is 12.6. The van der Waals surface area contributed by atoms with E-state index in [9.17, 15) is 8.42 Å². The van der Waals surface area contributed by atoms with E-state index in [0.29, 0.717) is 19.5 Å². The maximum atomic E-state index is 11.7. The Labute approximate surface area is 117 Å². The predicted molar refractivity (Wildman–Crippen MR) is 75.9 cm³/mol. The second-order valence-electron chi connectivity index (χ2n) is 4.83. The fourth-order valence-electron chi connectivity index (χ4n) is 2.36. The van der Waals surface area contributed by atoms with E-state index >= 15 is 0 Å². The number of rotatable bonds is 4. The van der Waals surface area contributed by atoms with Crippen LogP contribution in [0.25, 0.3) is 0 Å². The second kappa shape index (κ2) is 5.09. The Bertz CT molecular complexity index is 529. The zero-order valence-electron chi connectivity index (χ0n) is 10.2. The molecule has 1 fully saturated rings. The van der Waals surface area contributed by atoms with Crippen LogP contribution in [0.15, 0.2) is 12.1 Å². The van der Waals surface area contributed by atoms with Gasteiger partial charge in [0.1, 0.15) is 0 Å². The number of sulfone groups is 1. The Morgan fingerprint density at radius 2 is 2.28 bits per heavy atom. The summed E-state index contributed by atoms with van der Waals surface area (Å²) in [6.45, 7) is 1.05. The van der Waals surface area contributed by atoms with Gasteiger partial charge in [0, 0.05) is 23.5 Å². The summed E-state index contributed by atoms with van der Waals surface area (Å²) in [7, 11) is -1.01. The number of hydrogen-bond acceptors (Lipinski definition) is 5. The number of nitrogens with two attached hydrogens (primary N) is 1. The number of hydrogen-bond donors (Lipinski definition) is 1. The maximum absolute atomic E-state index is 11.7. The van der Waals surface area contributed by atoms with E-state index in [0.717, 1.165) is 9.21 Å². The average molecular weight is 309 g/mol. The van der Waals surface area contributed by atoms with Gasteiger partial charge in [-0.25, -0.2) is 8.42 Å². The lowest BCUT2D eigenvalue weighted by molar-refractivity contribution is 0.144. The Kier molecular flexibility index (Phi) is 4.04. The largest absolute Gasteiger partial charge is 0.329 e. The van der Waals surface area contributed by atoms with E-state index in [1.54, 1.807) is 0 Å². The number of nitrogens with zero attached hydrogens (tertiary/aromatic N) is 1. The highest BCUT2D eigenvalue weighted by atomic mass is 35.5. The van der Waals surface area contributed by atoms with Crippen LogP contribution in [0.2, 0.25) is 4.34 Å². The van der Waals surface area contributed by atoms with E-state index < -0.39 is 15.4 Å². The quantitative estimate of drug-likeness (QED) is 0.912. The van der Waals surface area contributed by atoms with Gasteiger partial charge < -0.3 is 5.73 Å². The molecule has 102 valence electrons. The number of halogens is 1. The first-order chi connectivity index (χ1) is 8.37. The molecule has 0 saturated carbocycles. The van der Waals surface area contributed by atoms with Crippen molar-refractivity contribution >= 4 is 32.8 Å². The summed E-state index contributed by atoms with van der Waals surface area (Å²) in [5, 5.41) is 0. The van der Waals surface area contributed by atoms with Crippen molar-refractivity contribution in [2.24, 2.45) is 5.73 Å². The Morgan fingerprint density at radius 3 is 2.72 bits per heavy atom. The van der Waals surface area contributed by atoms with Crippen LogP contribution in [0.5, 0.6) is 0 Å². The number of thiophene rings is 1. The first-order valence-corrected chi connectivity index (χ1v) is 8.74. The molecule has 1 aromatic heterocycles. The lowest BCUT2D eigenvalue weighted by Gasteiger charge is -2.36. The lowest BCUT2D eigenvalue weighted by Crippen LogP contribution is -2.52. The van der Waals surface area contributed by atoms with Gasteiger partial charge >= 0.3 is 0 Å². The minimum Gasteiger partial charge on any atom is -0.329 e. The summed E-state index contributed by atoms with van der Waals surface area (Å²) >= 11 is 7.41. The predicted octanol–water partition coefficient (Wildman–Crippen LogP) is 1.35. The first-order valence-electron chi connectivity index (χ1n) is 5.73. The molecule has 7 heteroatoms. The molecule has 2 rings (SSSR count). The molecule has 2 heterocycles. The van der Waals surface area contributed by atoms with Crippen LogP contribution in [0.1, 0.15) is 11.3 Å². The van der Waals surface area contributed by atoms with E-state index in [2.05, 4.69) is 4.90 Å². The van der Waals surface area contributed by atoms with Crippen LogP contribution in [0.4, 0.5) is 0 Å². The van der Waals surface area contributed by atoms with Crippen molar-refractivity contribution in [2.45, 2.75) is 18.5 Å². The molecule has 1 aliphatic heterocycles. The van der Waals surface area contributed by atoms with E-state index in [1.807, 2.05) is 19.2 Å². The van der Waals surface area contributed by atoms with Crippen LogP contribution in [0.3, 0.4) is 0 Å². The van der Waals surface area contributed by atoms with Gasteiger partial charge in [0.25, 0.3) is 0 Å². The van der Waals surface area contributed by atoms with Gasteiger partial charge in [0.2, 0.25) is 0 Å². The highest BCUT2D eigenvalue weighted by molar-refractivity contribution is 7.91. The van der Waals surface area contributed by atoms with Gasteiger partial charge in [0.05, 0.1) is 15.8 Å². The van der Waals surface area contributed by atoms with Crippen molar-refractivity contribution in [3.05, 3.63) is 21.3 Å². The SMILES string of the molecule is CN(Cc1ccc(Cl)s1)C1(CN)CCS(=O)(=O)C1. The van der Waals surface area contributed by atoms with Crippen molar-refractivity contribution in [3.8, 4) is 0 Å². The topological polar surface area (TPSA) is 63.4 Å². The molecular formula is C11H17ClN2O2S2. The van der Waals surface area contributed by atoms with E-state index in [4.69, 9.17) is 17.3 Å². The summed E-state index contributed by atoms with van der Waals surface area (Å²) in [5.74, 6) is 0.395. The third kappa shape index (κ3) is 2.88. The first kappa shape index (κ1) is 14.3. The molecule has 0 aromatic carbocycles. The summed E-state index contributed by atoms with van der Waals surface area (Å²) in [4.78, 5) is 3.18. The zero-order chi connectivity index (χ0) is 13.4. The molecule has 0 radical (unpaired) electrons. The average Bonchev–Trinajstić information content (AvgIpc) is 2.83. The van der Waals surface area contributed by atoms with Crippen LogP contribution >= 0.6 is 22.9 Å². The maximum Gasteiger partial charge on any atom is 0.152 e. The summed E-state index contributed by atoms with van der Waals surface area (Å²) in [6, 6.07) is 3.83. The molecular weight excluding hydrogens is 292 g/mol. The fourth-order valence-corrected chi connectivity index (χ4v) is 5.63. The van der Waals surface area contributed by atoms with Crippen molar-refractivity contribution < 1.29 is 8.42 Å². The molecule has 1 atom stereocenters. The van der Waals surface area contributed by atoms with Crippen LogP contribution in [-0.2, 0) is 16.4 Å². The van der Waals surface area contributed by atoms with Crippen molar-refractivity contribution in [1.29, 1.82) is 0 Å². The standard InChI is InChI=1S/C11H17ClN2O2S2/c1-14(6-9-2-3-10(12)17-9)11(7-13)4-5-18(15,16)8-11/h2-3H,4-8,13H2,1H3. The summed E-state index contributed by atoms with van der Waals surface area (Å²) < 4.78 is 24.1. The Balaban J connectivity index is 2.14. The summed E-state index contributed by atoms with van der Waals surface area (Å²) in [5.41, 5.74) is 5.40. The molecule has 1 aliphatic rings. The van der Waals surface area contributed by atoms with E-state index in [1.165, 1.54) is 11.3 Å². The number of likely N-dealkylation sites (N-methyl/N-ethyl adjacent to an activating group) is 1. The molecule has 1 saturated heterocycles. The van der Waals surface area contributed by atoms with Crippen LogP contribution in [-0.4, -0.2) is 44.0 Å². The van der Waals surface area contributed by atoms with Crippen molar-refractivity contribution in [3.63, 3.8) is 0 Å². The second-order valence-corrected chi connectivity index (χ2v) is 8.82. The van der Waals surface area contributed by atoms with Crippen LogP contribution < -0.4 is 5.73 Å². The molecule has 2 N–H and O–H groups in total. The third-order valence-electron chi connectivity index (χ3n) is 3.58. The molecule has 4 nitrogen and oxygen atoms in total. The van der Waals surface area contributed by atoms with E-state index in [-0.39, 0.29) is 11.5 Å². The van der Waals surface area contributed by atoms with Crippen LogP contribution in [0, 0.1) is 0 Å². The van der Waals surface area contributed by atoms with Crippen molar-refractivity contribution in [2.75, 3.05) is 25.1 Å². The van der Waals surface area contributed by atoms with Crippen molar-refractivity contribution in [1.82, 2.24) is 4.90 Å². The fraction of sp³-hybridized carbons (Fsp3) is 0.636. The minimum atomic E-state index is -2.94. The third-order valence-corrected chi connectivity index (χ3v) is 6.60. The lowest BCUT2D eigenvalue weighted by atomic mass is 9.97. The van der Waals surface area contributed by atoms with Gasteiger partial charge in [-0.05, 0) is 25.6 Å². The minimum absolute atomic E-state index is 0.159. The smallest absolute Gasteiger partial charge is 0.152 e.